The van der Waals surface area contributed by atoms with Crippen LogP contribution in [0.2, 0.25) is 0 Å². The SMILES string of the molecule is COc1ccc(N)c(SCCC2CCCCN2)c1. The number of piperidine rings is 1. The van der Waals surface area contributed by atoms with Crippen molar-refractivity contribution in [3.8, 4) is 5.75 Å². The van der Waals surface area contributed by atoms with Crippen molar-refractivity contribution in [3.63, 3.8) is 0 Å². The summed E-state index contributed by atoms with van der Waals surface area (Å²) in [7, 11) is 1.69. The van der Waals surface area contributed by atoms with Gasteiger partial charge in [0.05, 0.1) is 7.11 Å². The minimum atomic E-state index is 0.693. The highest BCUT2D eigenvalue weighted by molar-refractivity contribution is 7.99. The van der Waals surface area contributed by atoms with Crippen molar-refractivity contribution in [2.45, 2.75) is 36.6 Å². The molecule has 18 heavy (non-hydrogen) atoms. The maximum absolute atomic E-state index is 5.97. The highest BCUT2D eigenvalue weighted by Gasteiger charge is 2.12. The lowest BCUT2D eigenvalue weighted by molar-refractivity contribution is 0.394. The Morgan fingerprint density at radius 1 is 1.44 bits per heavy atom. The molecule has 1 aromatic carbocycles. The topological polar surface area (TPSA) is 47.3 Å². The molecular formula is C14H22N2OS. The van der Waals surface area contributed by atoms with E-state index in [0.29, 0.717) is 6.04 Å². The summed E-state index contributed by atoms with van der Waals surface area (Å²) in [5.41, 5.74) is 6.82. The highest BCUT2D eigenvalue weighted by atomic mass is 32.2. The fourth-order valence-corrected chi connectivity index (χ4v) is 3.30. The Balaban J connectivity index is 1.81. The van der Waals surface area contributed by atoms with E-state index in [-0.39, 0.29) is 0 Å². The summed E-state index contributed by atoms with van der Waals surface area (Å²) in [6.45, 7) is 1.18. The number of benzene rings is 1. The van der Waals surface area contributed by atoms with Crippen LogP contribution in [-0.2, 0) is 0 Å². The zero-order chi connectivity index (χ0) is 12.8. The average molecular weight is 266 g/mol. The molecule has 3 N–H and O–H groups in total. The standard InChI is InChI=1S/C14H22N2OS/c1-17-12-5-6-13(15)14(10-12)18-9-7-11-4-2-3-8-16-11/h5-6,10-11,16H,2-4,7-9,15H2,1H3. The Kier molecular flexibility index (Phi) is 5.20. The number of nitrogens with two attached hydrogens (primary N) is 1. The molecule has 1 aliphatic rings. The van der Waals surface area contributed by atoms with Gasteiger partial charge in [-0.2, -0.15) is 0 Å². The summed E-state index contributed by atoms with van der Waals surface area (Å²) < 4.78 is 5.22. The third-order valence-electron chi connectivity index (χ3n) is 3.36. The summed E-state index contributed by atoms with van der Waals surface area (Å²) >= 11 is 1.83. The predicted molar refractivity (Wildman–Crippen MR) is 78.4 cm³/mol. The third kappa shape index (κ3) is 3.82. The first-order valence-electron chi connectivity index (χ1n) is 6.59. The Bertz CT molecular complexity index is 378. The third-order valence-corrected chi connectivity index (χ3v) is 4.46. The largest absolute Gasteiger partial charge is 0.497 e. The lowest BCUT2D eigenvalue weighted by Gasteiger charge is -2.23. The van der Waals surface area contributed by atoms with Crippen LogP contribution >= 0.6 is 11.8 Å². The number of nitrogens with one attached hydrogen (secondary N) is 1. The van der Waals surface area contributed by atoms with E-state index in [1.54, 1.807) is 7.11 Å². The normalized spacial score (nSPS) is 19.7. The van der Waals surface area contributed by atoms with Crippen LogP contribution in [0.5, 0.6) is 5.75 Å². The highest BCUT2D eigenvalue weighted by Crippen LogP contribution is 2.30. The van der Waals surface area contributed by atoms with Gasteiger partial charge in [0.15, 0.2) is 0 Å². The summed E-state index contributed by atoms with van der Waals surface area (Å²) in [6, 6.07) is 6.54. The molecule has 0 spiro atoms. The zero-order valence-electron chi connectivity index (χ0n) is 10.9. The van der Waals surface area contributed by atoms with Crippen molar-refractivity contribution in [3.05, 3.63) is 18.2 Å². The number of hydrogen-bond donors (Lipinski definition) is 2. The second kappa shape index (κ2) is 6.90. The number of thioether (sulfide) groups is 1. The van der Waals surface area contributed by atoms with Crippen LogP contribution in [0, 0.1) is 0 Å². The molecule has 1 fully saturated rings. The number of anilines is 1. The van der Waals surface area contributed by atoms with Gasteiger partial charge in [-0.15, -0.1) is 11.8 Å². The van der Waals surface area contributed by atoms with Crippen LogP contribution in [-0.4, -0.2) is 25.4 Å². The van der Waals surface area contributed by atoms with Crippen molar-refractivity contribution >= 4 is 17.4 Å². The van der Waals surface area contributed by atoms with Crippen molar-refractivity contribution in [2.75, 3.05) is 25.1 Å². The monoisotopic (exact) mass is 266 g/mol. The van der Waals surface area contributed by atoms with E-state index in [1.165, 1.54) is 32.2 Å². The van der Waals surface area contributed by atoms with E-state index in [9.17, 15) is 0 Å². The van der Waals surface area contributed by atoms with Crippen molar-refractivity contribution < 1.29 is 4.74 Å². The molecule has 1 atom stereocenters. The molecule has 1 unspecified atom stereocenters. The quantitative estimate of drug-likeness (QED) is 0.635. The van der Waals surface area contributed by atoms with Crippen LogP contribution in [0.25, 0.3) is 0 Å². The van der Waals surface area contributed by atoms with E-state index >= 15 is 0 Å². The molecule has 4 heteroatoms. The molecule has 0 radical (unpaired) electrons. The van der Waals surface area contributed by atoms with Crippen molar-refractivity contribution in [1.29, 1.82) is 0 Å². The first-order valence-corrected chi connectivity index (χ1v) is 7.58. The molecule has 100 valence electrons. The Morgan fingerprint density at radius 2 is 2.33 bits per heavy atom. The van der Waals surface area contributed by atoms with Gasteiger partial charge in [-0.1, -0.05) is 6.42 Å². The van der Waals surface area contributed by atoms with E-state index in [0.717, 1.165) is 22.1 Å². The molecule has 1 aromatic rings. The minimum Gasteiger partial charge on any atom is -0.497 e. The Morgan fingerprint density at radius 3 is 3.06 bits per heavy atom. The number of nitrogen functional groups attached to an aromatic ring is 1. The van der Waals surface area contributed by atoms with Crippen LogP contribution in [0.3, 0.4) is 0 Å². The van der Waals surface area contributed by atoms with Gasteiger partial charge in [0, 0.05) is 16.6 Å². The maximum atomic E-state index is 5.97. The second-order valence-electron chi connectivity index (χ2n) is 4.69. The van der Waals surface area contributed by atoms with Crippen LogP contribution in [0.4, 0.5) is 5.69 Å². The van der Waals surface area contributed by atoms with Gasteiger partial charge in [0.2, 0.25) is 0 Å². The zero-order valence-corrected chi connectivity index (χ0v) is 11.8. The smallest absolute Gasteiger partial charge is 0.120 e. The molecule has 2 rings (SSSR count). The predicted octanol–water partition coefficient (Wildman–Crippen LogP) is 2.90. The van der Waals surface area contributed by atoms with Crippen molar-refractivity contribution in [1.82, 2.24) is 5.32 Å². The lowest BCUT2D eigenvalue weighted by atomic mass is 10.0. The molecule has 0 bridgehead atoms. The summed E-state index contributed by atoms with van der Waals surface area (Å²) in [5, 5.41) is 3.57. The molecular weight excluding hydrogens is 244 g/mol. The summed E-state index contributed by atoms with van der Waals surface area (Å²) in [6.07, 6.45) is 5.21. The minimum absolute atomic E-state index is 0.693. The number of hydrogen-bond acceptors (Lipinski definition) is 4. The molecule has 3 nitrogen and oxygen atoms in total. The molecule has 0 aliphatic carbocycles. The molecule has 1 heterocycles. The van der Waals surface area contributed by atoms with Gasteiger partial charge >= 0.3 is 0 Å². The van der Waals surface area contributed by atoms with Gasteiger partial charge in [-0.05, 0) is 49.8 Å². The van der Waals surface area contributed by atoms with Gasteiger partial charge in [-0.3, -0.25) is 0 Å². The maximum Gasteiger partial charge on any atom is 0.120 e. The molecule has 0 saturated carbocycles. The summed E-state index contributed by atoms with van der Waals surface area (Å²) in [5.74, 6) is 1.98. The van der Waals surface area contributed by atoms with Crippen molar-refractivity contribution in [2.24, 2.45) is 0 Å². The fourth-order valence-electron chi connectivity index (χ4n) is 2.25. The van der Waals surface area contributed by atoms with E-state index in [4.69, 9.17) is 10.5 Å². The Hall–Kier alpha value is -0.870. The first-order chi connectivity index (χ1) is 8.79. The van der Waals surface area contributed by atoms with E-state index in [1.807, 2.05) is 30.0 Å². The van der Waals surface area contributed by atoms with Gasteiger partial charge in [0.1, 0.15) is 5.75 Å². The molecule has 1 aliphatic heterocycles. The Labute approximate surface area is 113 Å². The van der Waals surface area contributed by atoms with E-state index < -0.39 is 0 Å². The van der Waals surface area contributed by atoms with Crippen LogP contribution < -0.4 is 15.8 Å². The fraction of sp³-hybridized carbons (Fsp3) is 0.571. The average Bonchev–Trinajstić information content (AvgIpc) is 2.42. The number of rotatable bonds is 5. The van der Waals surface area contributed by atoms with Gasteiger partial charge in [-0.25, -0.2) is 0 Å². The van der Waals surface area contributed by atoms with Crippen LogP contribution in [0.1, 0.15) is 25.7 Å². The molecule has 1 saturated heterocycles. The van der Waals surface area contributed by atoms with Gasteiger partial charge < -0.3 is 15.8 Å². The van der Waals surface area contributed by atoms with Gasteiger partial charge in [0.25, 0.3) is 0 Å². The molecule has 0 amide bonds. The number of ether oxygens (including phenoxy) is 1. The second-order valence-corrected chi connectivity index (χ2v) is 5.82. The first kappa shape index (κ1) is 13.6. The number of methoxy groups -OCH3 is 1. The molecule has 0 aromatic heterocycles. The summed E-state index contributed by atoms with van der Waals surface area (Å²) in [4.78, 5) is 1.13. The van der Waals surface area contributed by atoms with E-state index in [2.05, 4.69) is 5.32 Å². The van der Waals surface area contributed by atoms with Crippen LogP contribution in [0.15, 0.2) is 23.1 Å². The lowest BCUT2D eigenvalue weighted by Crippen LogP contribution is -2.34.